The molecule has 0 radical (unpaired) electrons. The Bertz CT molecular complexity index is 842. The lowest BCUT2D eigenvalue weighted by atomic mass is 10.1. The average molecular weight is 369 g/mol. The minimum atomic E-state index is -0.0243. The molecule has 0 fully saturated rings. The van der Waals surface area contributed by atoms with Gasteiger partial charge in [0.2, 0.25) is 0 Å². The molecule has 1 unspecified atom stereocenters. The molecule has 0 aliphatic heterocycles. The van der Waals surface area contributed by atoms with Crippen molar-refractivity contribution in [2.24, 2.45) is 0 Å². The predicted octanol–water partition coefficient (Wildman–Crippen LogP) is 4.22. The summed E-state index contributed by atoms with van der Waals surface area (Å²) >= 11 is 1.57. The van der Waals surface area contributed by atoms with Crippen LogP contribution < -0.4 is 10.6 Å². The first-order valence-corrected chi connectivity index (χ1v) is 9.62. The lowest BCUT2D eigenvalue weighted by molar-refractivity contribution is 0.0939. The Hall–Kier alpha value is -2.44. The van der Waals surface area contributed by atoms with Crippen molar-refractivity contribution < 1.29 is 9.21 Å². The molecule has 0 aliphatic carbocycles. The molecule has 6 heteroatoms. The van der Waals surface area contributed by atoms with Gasteiger partial charge >= 0.3 is 0 Å². The largest absolute Gasteiger partial charge is 0.462 e. The molecule has 0 spiro atoms. The molecule has 0 aliphatic rings. The molecule has 5 nitrogen and oxygen atoms in total. The zero-order chi connectivity index (χ0) is 18.4. The number of aromatic nitrogens is 1. The Labute approximate surface area is 157 Å². The number of carbonyl (C=O) groups excluding carboxylic acids is 1. The number of amides is 1. The summed E-state index contributed by atoms with van der Waals surface area (Å²) in [6, 6.07) is 11.7. The number of nitrogens with one attached hydrogen (secondary N) is 2. The van der Waals surface area contributed by atoms with Crippen LogP contribution in [-0.2, 0) is 13.1 Å². The lowest BCUT2D eigenvalue weighted by Gasteiger charge is -2.12. The standard InChI is InChI=1S/C20H23N3O2S/c1-3-14(2)22-19(24)16-7-4-6-15(10-16)11-21-12-17-13-26-20(23-17)18-8-5-9-25-18/h4-10,13-14,21H,3,11-12H2,1-2H3,(H,22,24). The fraction of sp³-hybridized carbons (Fsp3) is 0.300. The van der Waals surface area contributed by atoms with Crippen LogP contribution in [0, 0.1) is 0 Å². The molecule has 136 valence electrons. The van der Waals surface area contributed by atoms with E-state index >= 15 is 0 Å². The number of nitrogens with zero attached hydrogens (tertiary/aromatic N) is 1. The fourth-order valence-electron chi connectivity index (χ4n) is 2.47. The van der Waals surface area contributed by atoms with Gasteiger partial charge in [-0.05, 0) is 43.2 Å². The van der Waals surface area contributed by atoms with E-state index in [1.807, 2.05) is 48.7 Å². The van der Waals surface area contributed by atoms with Crippen LogP contribution in [0.4, 0.5) is 0 Å². The van der Waals surface area contributed by atoms with Crippen molar-refractivity contribution in [3.8, 4) is 10.8 Å². The second-order valence-corrected chi connectivity index (χ2v) is 7.07. The van der Waals surface area contributed by atoms with Crippen LogP contribution in [0.15, 0.2) is 52.5 Å². The van der Waals surface area contributed by atoms with Crippen molar-refractivity contribution in [2.75, 3.05) is 0 Å². The van der Waals surface area contributed by atoms with E-state index in [1.54, 1.807) is 17.6 Å². The number of carbonyl (C=O) groups is 1. The molecular formula is C20H23N3O2S. The van der Waals surface area contributed by atoms with Gasteiger partial charge in [0.05, 0.1) is 12.0 Å². The molecule has 0 bridgehead atoms. The maximum atomic E-state index is 12.2. The van der Waals surface area contributed by atoms with Gasteiger partial charge in [-0.3, -0.25) is 4.79 Å². The van der Waals surface area contributed by atoms with Gasteiger partial charge < -0.3 is 15.1 Å². The summed E-state index contributed by atoms with van der Waals surface area (Å²) in [6.07, 6.45) is 2.57. The molecule has 0 saturated carbocycles. The van der Waals surface area contributed by atoms with Crippen molar-refractivity contribution >= 4 is 17.2 Å². The third kappa shape index (κ3) is 4.80. The van der Waals surface area contributed by atoms with Crippen molar-refractivity contribution in [2.45, 2.75) is 39.4 Å². The molecule has 26 heavy (non-hydrogen) atoms. The molecule has 3 aromatic rings. The fourth-order valence-corrected chi connectivity index (χ4v) is 3.25. The molecule has 3 rings (SSSR count). The van der Waals surface area contributed by atoms with E-state index in [9.17, 15) is 4.79 Å². The quantitative estimate of drug-likeness (QED) is 0.624. The minimum Gasteiger partial charge on any atom is -0.462 e. The zero-order valence-electron chi connectivity index (χ0n) is 15.0. The first kappa shape index (κ1) is 18.4. The van der Waals surface area contributed by atoms with Crippen LogP contribution in [0.25, 0.3) is 10.8 Å². The van der Waals surface area contributed by atoms with Gasteiger partial charge in [-0.25, -0.2) is 4.98 Å². The van der Waals surface area contributed by atoms with E-state index in [2.05, 4.69) is 22.5 Å². The monoisotopic (exact) mass is 369 g/mol. The maximum Gasteiger partial charge on any atom is 0.251 e. The van der Waals surface area contributed by atoms with E-state index in [-0.39, 0.29) is 11.9 Å². The van der Waals surface area contributed by atoms with Crippen LogP contribution in [0.1, 0.15) is 41.9 Å². The molecule has 1 aromatic carbocycles. The first-order valence-electron chi connectivity index (χ1n) is 8.74. The van der Waals surface area contributed by atoms with Crippen molar-refractivity contribution in [1.82, 2.24) is 15.6 Å². The summed E-state index contributed by atoms with van der Waals surface area (Å²) in [4.78, 5) is 16.8. The summed E-state index contributed by atoms with van der Waals surface area (Å²) in [5, 5.41) is 9.28. The predicted molar refractivity (Wildman–Crippen MR) is 104 cm³/mol. The van der Waals surface area contributed by atoms with Gasteiger partial charge in [0, 0.05) is 30.1 Å². The summed E-state index contributed by atoms with van der Waals surface area (Å²) < 4.78 is 5.37. The van der Waals surface area contributed by atoms with Gasteiger partial charge in [-0.2, -0.15) is 0 Å². The lowest BCUT2D eigenvalue weighted by Crippen LogP contribution is -2.32. The Morgan fingerprint density at radius 1 is 1.27 bits per heavy atom. The van der Waals surface area contributed by atoms with E-state index < -0.39 is 0 Å². The van der Waals surface area contributed by atoms with Gasteiger partial charge in [0.15, 0.2) is 10.8 Å². The number of hydrogen-bond acceptors (Lipinski definition) is 5. The van der Waals surface area contributed by atoms with Crippen LogP contribution in [-0.4, -0.2) is 16.9 Å². The SMILES string of the molecule is CCC(C)NC(=O)c1cccc(CNCc2csc(-c3ccco3)n2)c1. The second kappa shape index (κ2) is 8.78. The van der Waals surface area contributed by atoms with E-state index in [0.29, 0.717) is 18.7 Å². The summed E-state index contributed by atoms with van der Waals surface area (Å²) in [5.41, 5.74) is 2.74. The number of rotatable bonds is 8. The van der Waals surface area contributed by atoms with Crippen molar-refractivity contribution in [1.29, 1.82) is 0 Å². The van der Waals surface area contributed by atoms with Crippen molar-refractivity contribution in [3.05, 3.63) is 64.9 Å². The number of benzene rings is 1. The van der Waals surface area contributed by atoms with Crippen LogP contribution in [0.2, 0.25) is 0 Å². The highest BCUT2D eigenvalue weighted by Crippen LogP contribution is 2.23. The third-order valence-electron chi connectivity index (χ3n) is 4.10. The Balaban J connectivity index is 1.53. The van der Waals surface area contributed by atoms with Gasteiger partial charge in [0.25, 0.3) is 5.91 Å². The highest BCUT2D eigenvalue weighted by Gasteiger charge is 2.09. The molecule has 1 amide bonds. The molecule has 2 heterocycles. The minimum absolute atomic E-state index is 0.0243. The van der Waals surface area contributed by atoms with E-state index in [4.69, 9.17) is 4.42 Å². The zero-order valence-corrected chi connectivity index (χ0v) is 15.8. The number of furan rings is 1. The van der Waals surface area contributed by atoms with Crippen molar-refractivity contribution in [3.63, 3.8) is 0 Å². The molecule has 0 saturated heterocycles. The Kier molecular flexibility index (Phi) is 6.20. The molecule has 2 aromatic heterocycles. The molecule has 2 N–H and O–H groups in total. The summed E-state index contributed by atoms with van der Waals surface area (Å²) in [5.74, 6) is 0.769. The van der Waals surface area contributed by atoms with Crippen LogP contribution >= 0.6 is 11.3 Å². The summed E-state index contributed by atoms with van der Waals surface area (Å²) in [6.45, 7) is 5.41. The second-order valence-electron chi connectivity index (χ2n) is 6.21. The van der Waals surface area contributed by atoms with E-state index in [1.165, 1.54) is 0 Å². The van der Waals surface area contributed by atoms with Gasteiger partial charge in [0.1, 0.15) is 0 Å². The third-order valence-corrected chi connectivity index (χ3v) is 5.00. The van der Waals surface area contributed by atoms with Crippen LogP contribution in [0.3, 0.4) is 0 Å². The highest BCUT2D eigenvalue weighted by atomic mass is 32.1. The number of hydrogen-bond donors (Lipinski definition) is 2. The normalized spacial score (nSPS) is 12.1. The van der Waals surface area contributed by atoms with Gasteiger partial charge in [-0.1, -0.05) is 19.1 Å². The van der Waals surface area contributed by atoms with Crippen LogP contribution in [0.5, 0.6) is 0 Å². The Morgan fingerprint density at radius 2 is 2.15 bits per heavy atom. The maximum absolute atomic E-state index is 12.2. The van der Waals surface area contributed by atoms with Gasteiger partial charge in [-0.15, -0.1) is 11.3 Å². The molecule has 1 atom stereocenters. The topological polar surface area (TPSA) is 67.2 Å². The Morgan fingerprint density at radius 3 is 2.92 bits per heavy atom. The first-order chi connectivity index (χ1) is 12.7. The number of thiazole rings is 1. The average Bonchev–Trinajstić information content (AvgIpc) is 3.33. The smallest absolute Gasteiger partial charge is 0.251 e. The van der Waals surface area contributed by atoms with E-state index in [0.717, 1.165) is 28.4 Å². The highest BCUT2D eigenvalue weighted by molar-refractivity contribution is 7.13. The molecular weight excluding hydrogens is 346 g/mol. The summed E-state index contributed by atoms with van der Waals surface area (Å²) in [7, 11) is 0.